The van der Waals surface area contributed by atoms with E-state index in [1.807, 2.05) is 91.0 Å². The molecule has 4 aromatic heterocycles. The van der Waals surface area contributed by atoms with E-state index in [9.17, 15) is 9.59 Å². The van der Waals surface area contributed by atoms with Crippen molar-refractivity contribution in [1.82, 2.24) is 39.0 Å². The van der Waals surface area contributed by atoms with Gasteiger partial charge in [-0.3, -0.25) is 23.3 Å². The average molecular weight is 1190 g/mol. The second kappa shape index (κ2) is 24.5. The summed E-state index contributed by atoms with van der Waals surface area (Å²) >= 11 is 0. The van der Waals surface area contributed by atoms with Crippen LogP contribution in [0.2, 0.25) is 18.1 Å². The number of nitrogens with one attached hydrogen (secondary N) is 2. The molecule has 23 heteroatoms. The Kier molecular flexibility index (Phi) is 16.9. The molecule has 2 aliphatic heterocycles. The highest BCUT2D eigenvalue weighted by molar-refractivity contribution is 7.53. The lowest BCUT2D eigenvalue weighted by Crippen LogP contribution is -2.46. The van der Waals surface area contributed by atoms with Gasteiger partial charge in [-0.05, 0) is 83.4 Å². The van der Waals surface area contributed by atoms with Crippen LogP contribution in [0.5, 0.6) is 11.5 Å². The number of benzene rings is 5. The number of carbonyl (C=O) groups is 2. The Labute approximate surface area is 493 Å². The third-order valence-corrected chi connectivity index (χ3v) is 21.7. The van der Waals surface area contributed by atoms with E-state index in [0.717, 1.165) is 16.7 Å². The van der Waals surface area contributed by atoms with Crippen LogP contribution in [0.1, 0.15) is 83.5 Å². The van der Waals surface area contributed by atoms with Gasteiger partial charge in [-0.15, -0.1) is 0 Å². The van der Waals surface area contributed by atoms with E-state index in [2.05, 4.69) is 74.4 Å². The number of methoxy groups -OCH3 is 2. The molecular weight excluding hydrogens is 1120 g/mol. The summed E-state index contributed by atoms with van der Waals surface area (Å²) in [6.07, 6.45) is 1.92. The van der Waals surface area contributed by atoms with Crippen LogP contribution in [0.4, 0.5) is 11.6 Å². The van der Waals surface area contributed by atoms with Crippen molar-refractivity contribution in [3.05, 3.63) is 193 Å². The fraction of sp³-hybridized carbons (Fsp3) is 0.323. The molecular formula is C62H67N10O11PSi. The van der Waals surface area contributed by atoms with Crippen LogP contribution >= 0.6 is 7.60 Å². The first-order chi connectivity index (χ1) is 40.9. The lowest BCUT2D eigenvalue weighted by atomic mass is 9.80. The molecule has 0 aliphatic carbocycles. The summed E-state index contributed by atoms with van der Waals surface area (Å²) < 4.78 is 71.4. The quantitative estimate of drug-likeness (QED) is 0.0386. The molecule has 440 valence electrons. The van der Waals surface area contributed by atoms with Crippen molar-refractivity contribution in [2.24, 2.45) is 0 Å². The summed E-state index contributed by atoms with van der Waals surface area (Å²) in [7, 11) is -3.26. The van der Waals surface area contributed by atoms with Crippen molar-refractivity contribution < 1.29 is 51.3 Å². The van der Waals surface area contributed by atoms with Gasteiger partial charge >= 0.3 is 7.60 Å². The third kappa shape index (κ3) is 12.4. The Balaban J connectivity index is 0.899. The van der Waals surface area contributed by atoms with Gasteiger partial charge in [0.15, 0.2) is 42.3 Å². The second-order valence-electron chi connectivity index (χ2n) is 22.4. The number of fused-ring (bicyclic) bond motifs is 2. The Morgan fingerprint density at radius 3 is 1.49 bits per heavy atom. The minimum atomic E-state index is -4.03. The van der Waals surface area contributed by atoms with Gasteiger partial charge in [-0.1, -0.05) is 112 Å². The van der Waals surface area contributed by atoms with E-state index in [1.165, 1.54) is 19.3 Å². The van der Waals surface area contributed by atoms with Crippen molar-refractivity contribution in [2.45, 2.75) is 94.2 Å². The fourth-order valence-electron chi connectivity index (χ4n) is 10.4. The second-order valence-corrected chi connectivity index (χ2v) is 29.2. The molecule has 0 radical (unpaired) electrons. The first-order valence-electron chi connectivity index (χ1n) is 27.9. The highest BCUT2D eigenvalue weighted by Gasteiger charge is 2.48. The number of hydrogen-bond donors (Lipinski definition) is 2. The molecule has 0 spiro atoms. The molecule has 0 saturated carbocycles. The van der Waals surface area contributed by atoms with Crippen LogP contribution in [0.15, 0.2) is 165 Å². The summed E-state index contributed by atoms with van der Waals surface area (Å²) in [5, 5.41) is 5.59. The van der Waals surface area contributed by atoms with Crippen LogP contribution < -0.4 is 20.1 Å². The Bertz CT molecular complexity index is 3790. The van der Waals surface area contributed by atoms with Gasteiger partial charge in [-0.2, -0.15) is 0 Å². The van der Waals surface area contributed by atoms with E-state index in [-0.39, 0.29) is 48.1 Å². The van der Waals surface area contributed by atoms with Gasteiger partial charge in [0.2, 0.25) is 0 Å². The lowest BCUT2D eigenvalue weighted by molar-refractivity contribution is -0.0918. The first kappa shape index (κ1) is 58.7. The maximum absolute atomic E-state index is 15.2. The van der Waals surface area contributed by atoms with Crippen LogP contribution in [-0.2, 0) is 37.9 Å². The standard InChI is InChI=1S/C62H67N10O11PSi/c1-61(2,3)85(7,8)83-48-33-52(72-39-68-54-56(64-37-66-58(54)72)70-60(74)41-20-14-10-15-21-41)81-50(48)35-79-84(6,75)82-47-32-51(71-38-67-53-55(63-36-65-57(53)71)69-59(73)40-18-12-9-13-19-40)80-49(47)34-78-62(42-22-16-11-17-23-42,43-24-28-45(76-4)29-25-43)44-26-30-46(77-5)31-27-44/h9-31,36-39,47-52H,32-35H2,1-8H3,(H,63,65,69,73)(H,64,66,70,74)/t47-,48-,49+,50+,51+,52+,84?/m0/s1. The average Bonchev–Trinajstić information content (AvgIpc) is 2.34. The first-order valence-corrected chi connectivity index (χ1v) is 32.8. The van der Waals surface area contributed by atoms with Crippen LogP contribution in [0, 0.1) is 0 Å². The number of amides is 2. The van der Waals surface area contributed by atoms with Gasteiger partial charge < -0.3 is 47.8 Å². The molecule has 2 amide bonds. The number of rotatable bonds is 21. The number of imidazole rings is 2. The van der Waals surface area contributed by atoms with Crippen LogP contribution in [-0.4, -0.2) is 118 Å². The highest BCUT2D eigenvalue weighted by atomic mass is 31.2. The number of carbonyl (C=O) groups excluding carboxylic acids is 2. The molecule has 2 saturated heterocycles. The van der Waals surface area contributed by atoms with E-state index in [4.69, 9.17) is 37.2 Å². The summed E-state index contributed by atoms with van der Waals surface area (Å²) in [5.74, 6) is 1.07. The van der Waals surface area contributed by atoms with Crippen molar-refractivity contribution in [1.29, 1.82) is 0 Å². The number of hydrogen-bond acceptors (Lipinski definition) is 17. The molecule has 2 N–H and O–H groups in total. The van der Waals surface area contributed by atoms with Crippen molar-refractivity contribution in [2.75, 3.05) is 44.7 Å². The Morgan fingerprint density at radius 1 is 0.600 bits per heavy atom. The number of ether oxygens (including phenoxy) is 5. The minimum absolute atomic E-state index is 0.0932. The van der Waals surface area contributed by atoms with Crippen molar-refractivity contribution >= 4 is 61.7 Å². The molecule has 2 aliphatic rings. The summed E-state index contributed by atoms with van der Waals surface area (Å²) in [5.41, 5.74) is 3.57. The van der Waals surface area contributed by atoms with E-state index in [1.54, 1.807) is 84.5 Å². The highest BCUT2D eigenvalue weighted by Crippen LogP contribution is 2.52. The topological polar surface area (TPSA) is 236 Å². The minimum Gasteiger partial charge on any atom is -0.497 e. The van der Waals surface area contributed by atoms with Gasteiger partial charge in [-0.25, -0.2) is 29.9 Å². The molecule has 5 aromatic carbocycles. The predicted molar refractivity (Wildman–Crippen MR) is 321 cm³/mol. The smallest absolute Gasteiger partial charge is 0.328 e. The van der Waals surface area contributed by atoms with E-state index >= 15 is 4.57 Å². The van der Waals surface area contributed by atoms with Gasteiger partial charge in [0.25, 0.3) is 11.8 Å². The molecule has 0 bridgehead atoms. The molecule has 85 heavy (non-hydrogen) atoms. The summed E-state index contributed by atoms with van der Waals surface area (Å²) in [6.45, 7) is 12.0. The van der Waals surface area contributed by atoms with Gasteiger partial charge in [0.05, 0.1) is 52.3 Å². The SMILES string of the molecule is COc1ccc(C(OC[C@H]2O[C@@H](n3cnc4c(NC(=O)c5ccccc5)ncnc43)C[C@@H]2OP(C)(=O)OC[C@H]2O[C@@H](n3cnc4c(NC(=O)c5ccccc5)ncnc43)C[C@@H]2O[Si](C)(C)C(C)(C)C)(c2ccccc2)c2ccc(OC)cc2)cc1. The van der Waals surface area contributed by atoms with Crippen molar-refractivity contribution in [3.8, 4) is 11.5 Å². The zero-order valence-electron chi connectivity index (χ0n) is 48.4. The fourth-order valence-corrected chi connectivity index (χ4v) is 13.0. The van der Waals surface area contributed by atoms with Crippen LogP contribution in [0.25, 0.3) is 22.3 Å². The predicted octanol–water partition coefficient (Wildman–Crippen LogP) is 11.4. The lowest BCUT2D eigenvalue weighted by Gasteiger charge is -2.39. The summed E-state index contributed by atoms with van der Waals surface area (Å²) in [6, 6.07) is 42.9. The maximum atomic E-state index is 15.2. The number of nitrogens with zero attached hydrogens (tertiary/aromatic N) is 8. The van der Waals surface area contributed by atoms with Crippen molar-refractivity contribution in [3.63, 3.8) is 0 Å². The molecule has 7 atom stereocenters. The van der Waals surface area contributed by atoms with Gasteiger partial charge in [0, 0.05) is 30.6 Å². The third-order valence-electron chi connectivity index (χ3n) is 15.9. The summed E-state index contributed by atoms with van der Waals surface area (Å²) in [4.78, 5) is 53.8. The van der Waals surface area contributed by atoms with Crippen LogP contribution in [0.3, 0.4) is 0 Å². The Hall–Kier alpha value is -8.05. The van der Waals surface area contributed by atoms with E-state index in [0.29, 0.717) is 51.4 Å². The molecule has 6 heterocycles. The Morgan fingerprint density at radius 2 is 1.04 bits per heavy atom. The number of anilines is 2. The molecule has 11 rings (SSSR count). The van der Waals surface area contributed by atoms with E-state index < -0.39 is 58.4 Å². The molecule has 2 fully saturated rings. The number of aromatic nitrogens is 8. The van der Waals surface area contributed by atoms with Gasteiger partial charge in [0.1, 0.15) is 54.4 Å². The largest absolute Gasteiger partial charge is 0.497 e. The molecule has 1 unspecified atom stereocenters. The molecule has 21 nitrogen and oxygen atoms in total. The normalized spacial score (nSPS) is 19.9. The zero-order chi connectivity index (χ0) is 59.5. The molecule has 9 aromatic rings. The monoisotopic (exact) mass is 1190 g/mol. The maximum Gasteiger partial charge on any atom is 0.328 e. The zero-order valence-corrected chi connectivity index (χ0v) is 50.3.